The monoisotopic (exact) mass is 569 g/mol. The molecule has 2 aromatic carbocycles. The highest BCUT2D eigenvalue weighted by atomic mass is 32.2. The van der Waals surface area contributed by atoms with Crippen LogP contribution in [0.1, 0.15) is 40.4 Å². The molecule has 3 aromatic rings. The molecule has 0 unspecified atom stereocenters. The van der Waals surface area contributed by atoms with Crippen molar-refractivity contribution >= 4 is 27.5 Å². The third-order valence-corrected chi connectivity index (χ3v) is 8.90. The van der Waals surface area contributed by atoms with Gasteiger partial charge in [-0.2, -0.15) is 9.40 Å². The van der Waals surface area contributed by atoms with Crippen LogP contribution in [0, 0.1) is 12.8 Å². The fraction of sp³-hybridized carbons (Fsp3) is 0.393. The normalized spacial score (nSPS) is 18.5. The van der Waals surface area contributed by atoms with E-state index < -0.39 is 28.1 Å². The lowest BCUT2D eigenvalue weighted by Gasteiger charge is -2.38. The number of benzene rings is 2. The molecule has 0 bridgehead atoms. The van der Waals surface area contributed by atoms with E-state index in [0.717, 1.165) is 0 Å². The number of hydrogen-bond donors (Lipinski definition) is 2. The van der Waals surface area contributed by atoms with Gasteiger partial charge in [0.1, 0.15) is 11.8 Å². The maximum absolute atomic E-state index is 13.7. The highest BCUT2D eigenvalue weighted by molar-refractivity contribution is 7.89. The molecule has 2 amide bonds. The SMILES string of the molecule is Cc1cc(C(=O)Nc2cccc3c2O[C@H](CN(C)S(=O)(=O)c2ccccc2)[C@H](C)CN([C@@H](C)CO)C3=O)n(C)n1. The van der Waals surface area contributed by atoms with Gasteiger partial charge in [0.25, 0.3) is 11.8 Å². The van der Waals surface area contributed by atoms with E-state index in [1.54, 1.807) is 68.3 Å². The fourth-order valence-electron chi connectivity index (χ4n) is 4.69. The summed E-state index contributed by atoms with van der Waals surface area (Å²) in [7, 11) is -0.679. The van der Waals surface area contributed by atoms with Crippen molar-refractivity contribution in [3.63, 3.8) is 0 Å². The fourth-order valence-corrected chi connectivity index (χ4v) is 5.90. The van der Waals surface area contributed by atoms with Gasteiger partial charge in [-0.25, -0.2) is 8.42 Å². The molecule has 3 atom stereocenters. The van der Waals surface area contributed by atoms with Crippen molar-refractivity contribution in [3.05, 3.63) is 71.5 Å². The zero-order valence-corrected chi connectivity index (χ0v) is 24.1. The Morgan fingerprint density at radius 3 is 2.55 bits per heavy atom. The van der Waals surface area contributed by atoms with Crippen LogP contribution in [0.2, 0.25) is 0 Å². The number of amides is 2. The highest BCUT2D eigenvalue weighted by Crippen LogP contribution is 2.35. The van der Waals surface area contributed by atoms with Crippen molar-refractivity contribution in [1.82, 2.24) is 19.0 Å². The summed E-state index contributed by atoms with van der Waals surface area (Å²) < 4.78 is 35.7. The lowest BCUT2D eigenvalue weighted by molar-refractivity contribution is 0.0388. The number of ether oxygens (including phenoxy) is 1. The topological polar surface area (TPSA) is 134 Å². The van der Waals surface area contributed by atoms with Gasteiger partial charge >= 0.3 is 0 Å². The van der Waals surface area contributed by atoms with E-state index in [2.05, 4.69) is 10.4 Å². The second-order valence-corrected chi connectivity index (χ2v) is 12.2. The lowest BCUT2D eigenvalue weighted by atomic mass is 9.99. The molecule has 0 radical (unpaired) electrons. The molecule has 2 N–H and O–H groups in total. The molecular weight excluding hydrogens is 534 g/mol. The third kappa shape index (κ3) is 5.88. The summed E-state index contributed by atoms with van der Waals surface area (Å²) in [5, 5.41) is 17.0. The second-order valence-electron chi connectivity index (χ2n) is 10.2. The number of sulfonamides is 1. The maximum Gasteiger partial charge on any atom is 0.274 e. The number of carbonyl (C=O) groups excluding carboxylic acids is 2. The molecule has 1 aliphatic heterocycles. The minimum atomic E-state index is -3.82. The number of aliphatic hydroxyl groups is 1. The Balaban J connectivity index is 1.74. The predicted octanol–water partition coefficient (Wildman–Crippen LogP) is 2.52. The van der Waals surface area contributed by atoms with E-state index in [1.165, 1.54) is 28.2 Å². The Kier molecular flexibility index (Phi) is 8.62. The van der Waals surface area contributed by atoms with Crippen LogP contribution in [-0.2, 0) is 17.1 Å². The Hall–Kier alpha value is -3.74. The van der Waals surface area contributed by atoms with Crippen LogP contribution in [0.3, 0.4) is 0 Å². The molecule has 1 aromatic heterocycles. The van der Waals surface area contributed by atoms with Crippen LogP contribution in [0.15, 0.2) is 59.5 Å². The van der Waals surface area contributed by atoms with E-state index in [1.807, 2.05) is 6.92 Å². The first-order chi connectivity index (χ1) is 18.9. The molecule has 0 saturated heterocycles. The first kappa shape index (κ1) is 29.2. The molecule has 0 saturated carbocycles. The van der Waals surface area contributed by atoms with Gasteiger partial charge in [0, 0.05) is 26.6 Å². The number of nitrogens with one attached hydrogen (secondary N) is 1. The summed E-state index contributed by atoms with van der Waals surface area (Å²) in [5.74, 6) is -0.997. The standard InChI is InChI=1S/C28H35N5O6S/c1-18-15-33(20(3)17-34)28(36)22-12-9-13-23(29-27(35)24-14-19(2)30-32(24)5)26(22)39-25(18)16-31(4)40(37,38)21-10-7-6-8-11-21/h6-14,18,20,25,34H,15-17H2,1-5H3,(H,29,35)/t18-,20+,25-/m1/s1. The Labute approximate surface area is 234 Å². The quantitative estimate of drug-likeness (QED) is 0.426. The Morgan fingerprint density at radius 2 is 1.93 bits per heavy atom. The number of nitrogens with zero attached hydrogens (tertiary/aromatic N) is 4. The highest BCUT2D eigenvalue weighted by Gasteiger charge is 2.36. The average Bonchev–Trinajstić information content (AvgIpc) is 3.28. The largest absolute Gasteiger partial charge is 0.486 e. The number of fused-ring (bicyclic) bond motifs is 1. The van der Waals surface area contributed by atoms with Crippen molar-refractivity contribution < 1.29 is 27.9 Å². The molecule has 12 heteroatoms. The number of carbonyl (C=O) groups is 2. The minimum Gasteiger partial charge on any atom is -0.486 e. The number of likely N-dealkylation sites (N-methyl/N-ethyl adjacent to an activating group) is 1. The number of aromatic nitrogens is 2. The van der Waals surface area contributed by atoms with Gasteiger partial charge < -0.3 is 20.1 Å². The number of hydrogen-bond acceptors (Lipinski definition) is 7. The van der Waals surface area contributed by atoms with E-state index in [-0.39, 0.29) is 53.4 Å². The molecule has 1 aliphatic rings. The molecule has 214 valence electrons. The Bertz CT molecular complexity index is 1490. The van der Waals surface area contributed by atoms with Gasteiger partial charge in [0.2, 0.25) is 10.0 Å². The van der Waals surface area contributed by atoms with E-state index in [4.69, 9.17) is 4.74 Å². The maximum atomic E-state index is 13.7. The zero-order valence-electron chi connectivity index (χ0n) is 23.2. The van der Waals surface area contributed by atoms with Crippen LogP contribution in [0.25, 0.3) is 0 Å². The first-order valence-corrected chi connectivity index (χ1v) is 14.4. The average molecular weight is 570 g/mol. The molecule has 0 spiro atoms. The summed E-state index contributed by atoms with van der Waals surface area (Å²) in [6.45, 7) is 5.34. The smallest absolute Gasteiger partial charge is 0.274 e. The molecule has 11 nitrogen and oxygen atoms in total. The number of rotatable bonds is 8. The number of para-hydroxylation sites is 1. The summed E-state index contributed by atoms with van der Waals surface area (Å²) >= 11 is 0. The molecule has 40 heavy (non-hydrogen) atoms. The number of anilines is 1. The van der Waals surface area contributed by atoms with Gasteiger partial charge in [-0.1, -0.05) is 31.2 Å². The van der Waals surface area contributed by atoms with E-state index in [9.17, 15) is 23.1 Å². The molecular formula is C28H35N5O6S. The summed E-state index contributed by atoms with van der Waals surface area (Å²) in [4.78, 5) is 28.5. The Morgan fingerprint density at radius 1 is 1.23 bits per heavy atom. The van der Waals surface area contributed by atoms with Gasteiger partial charge in [-0.15, -0.1) is 0 Å². The molecule has 4 rings (SSSR count). The van der Waals surface area contributed by atoms with Crippen molar-refractivity contribution in [3.8, 4) is 5.75 Å². The predicted molar refractivity (Wildman–Crippen MR) is 150 cm³/mol. The summed E-state index contributed by atoms with van der Waals surface area (Å²) in [6.07, 6.45) is -0.694. The molecule has 2 heterocycles. The number of aryl methyl sites for hydroxylation is 2. The van der Waals surface area contributed by atoms with Crippen LogP contribution >= 0.6 is 0 Å². The van der Waals surface area contributed by atoms with Crippen LogP contribution < -0.4 is 10.1 Å². The van der Waals surface area contributed by atoms with Crippen molar-refractivity contribution in [2.75, 3.05) is 32.1 Å². The van der Waals surface area contributed by atoms with E-state index in [0.29, 0.717) is 11.4 Å². The van der Waals surface area contributed by atoms with Crippen molar-refractivity contribution in [2.45, 2.75) is 37.8 Å². The van der Waals surface area contributed by atoms with Gasteiger partial charge in [-0.3, -0.25) is 14.3 Å². The lowest BCUT2D eigenvalue weighted by Crippen LogP contribution is -2.50. The van der Waals surface area contributed by atoms with Gasteiger partial charge in [0.05, 0.1) is 41.0 Å². The van der Waals surface area contributed by atoms with Crippen molar-refractivity contribution in [2.24, 2.45) is 13.0 Å². The summed E-state index contributed by atoms with van der Waals surface area (Å²) in [6, 6.07) is 14.1. The van der Waals surface area contributed by atoms with Crippen molar-refractivity contribution in [1.29, 1.82) is 0 Å². The minimum absolute atomic E-state index is 0.0173. The van der Waals surface area contributed by atoms with Gasteiger partial charge in [0.15, 0.2) is 5.75 Å². The molecule has 0 fully saturated rings. The first-order valence-electron chi connectivity index (χ1n) is 13.0. The zero-order chi connectivity index (χ0) is 29.2. The molecule has 0 aliphatic carbocycles. The number of aliphatic hydroxyl groups excluding tert-OH is 1. The van der Waals surface area contributed by atoms with Crippen LogP contribution in [0.4, 0.5) is 5.69 Å². The van der Waals surface area contributed by atoms with E-state index >= 15 is 0 Å². The third-order valence-electron chi connectivity index (χ3n) is 7.06. The second kappa shape index (κ2) is 11.8. The van der Waals surface area contributed by atoms with Crippen LogP contribution in [0.5, 0.6) is 5.75 Å². The van der Waals surface area contributed by atoms with Gasteiger partial charge in [-0.05, 0) is 44.2 Å². The van der Waals surface area contributed by atoms with Crippen LogP contribution in [-0.4, -0.2) is 83.2 Å². The summed E-state index contributed by atoms with van der Waals surface area (Å²) in [5.41, 5.74) is 1.46.